The fourth-order valence-electron chi connectivity index (χ4n) is 3.25. The molecule has 6 heteroatoms. The van der Waals surface area contributed by atoms with Crippen LogP contribution in [0, 0.1) is 0 Å². The molecule has 0 aliphatic carbocycles. The molecule has 0 bridgehead atoms. The maximum Gasteiger partial charge on any atom is 0.191 e. The van der Waals surface area contributed by atoms with E-state index in [0.29, 0.717) is 0 Å². The zero-order valence-electron chi connectivity index (χ0n) is 17.2. The van der Waals surface area contributed by atoms with Crippen LogP contribution in [0.2, 0.25) is 0 Å². The van der Waals surface area contributed by atoms with Crippen molar-refractivity contribution < 1.29 is 9.47 Å². The molecule has 0 amide bonds. The van der Waals surface area contributed by atoms with Crippen molar-refractivity contribution in [2.75, 3.05) is 53.0 Å². The lowest BCUT2D eigenvalue weighted by atomic mass is 10.0. The van der Waals surface area contributed by atoms with Gasteiger partial charge in [-0.25, -0.2) is 0 Å². The van der Waals surface area contributed by atoms with Crippen molar-refractivity contribution in [3.63, 3.8) is 0 Å². The number of nitrogens with zero attached hydrogens (tertiary/aromatic N) is 2. The molecule has 1 aromatic carbocycles. The molecule has 1 fully saturated rings. The van der Waals surface area contributed by atoms with Crippen molar-refractivity contribution >= 4 is 5.96 Å². The predicted octanol–water partition coefficient (Wildman–Crippen LogP) is 2.81. The SMILES string of the molecule is CCCCCNC(=NCC(c1ccc(OC)cc1)N1CCOCC1)NCC. The molecule has 0 saturated carbocycles. The van der Waals surface area contributed by atoms with Crippen LogP contribution in [0.15, 0.2) is 29.3 Å². The second kappa shape index (κ2) is 12.6. The molecule has 27 heavy (non-hydrogen) atoms. The smallest absolute Gasteiger partial charge is 0.191 e. The first-order valence-electron chi connectivity index (χ1n) is 10.3. The van der Waals surface area contributed by atoms with Crippen molar-refractivity contribution in [1.29, 1.82) is 0 Å². The quantitative estimate of drug-likeness (QED) is 0.374. The molecule has 1 aliphatic rings. The van der Waals surface area contributed by atoms with Crippen LogP contribution in [0.4, 0.5) is 0 Å². The van der Waals surface area contributed by atoms with E-state index in [4.69, 9.17) is 14.5 Å². The number of ether oxygens (including phenoxy) is 2. The summed E-state index contributed by atoms with van der Waals surface area (Å²) in [5, 5.41) is 6.82. The van der Waals surface area contributed by atoms with Crippen LogP contribution >= 0.6 is 0 Å². The topological polar surface area (TPSA) is 58.1 Å². The van der Waals surface area contributed by atoms with Gasteiger partial charge in [0.2, 0.25) is 0 Å². The van der Waals surface area contributed by atoms with Crippen LogP contribution in [0.5, 0.6) is 5.75 Å². The standard InChI is InChI=1S/C21H36N4O2/c1-4-6-7-12-23-21(22-5-2)24-17-20(25-13-15-27-16-14-25)18-8-10-19(26-3)11-9-18/h8-11,20H,4-7,12-17H2,1-3H3,(H2,22,23,24). The fourth-order valence-corrected chi connectivity index (χ4v) is 3.25. The van der Waals surface area contributed by atoms with Crippen molar-refractivity contribution in [1.82, 2.24) is 15.5 Å². The van der Waals surface area contributed by atoms with Gasteiger partial charge >= 0.3 is 0 Å². The number of hydrogen-bond acceptors (Lipinski definition) is 4. The van der Waals surface area contributed by atoms with Crippen LogP contribution in [0.3, 0.4) is 0 Å². The molecule has 1 unspecified atom stereocenters. The number of guanidine groups is 1. The molecule has 1 aliphatic heterocycles. The summed E-state index contributed by atoms with van der Waals surface area (Å²) in [6.45, 7) is 10.3. The van der Waals surface area contributed by atoms with Gasteiger partial charge in [0, 0.05) is 26.2 Å². The summed E-state index contributed by atoms with van der Waals surface area (Å²) in [7, 11) is 1.70. The normalized spacial score (nSPS) is 16.8. The fraction of sp³-hybridized carbons (Fsp3) is 0.667. The van der Waals surface area contributed by atoms with Crippen molar-refractivity contribution in [2.45, 2.75) is 39.2 Å². The minimum absolute atomic E-state index is 0.242. The highest BCUT2D eigenvalue weighted by molar-refractivity contribution is 5.79. The summed E-state index contributed by atoms with van der Waals surface area (Å²) >= 11 is 0. The van der Waals surface area contributed by atoms with E-state index in [2.05, 4.69) is 41.5 Å². The maximum absolute atomic E-state index is 5.54. The minimum Gasteiger partial charge on any atom is -0.497 e. The summed E-state index contributed by atoms with van der Waals surface area (Å²) in [6, 6.07) is 8.60. The Bertz CT molecular complexity index is 542. The van der Waals surface area contributed by atoms with Crippen LogP contribution in [0.25, 0.3) is 0 Å². The summed E-state index contributed by atoms with van der Waals surface area (Å²) < 4.78 is 10.8. The zero-order valence-corrected chi connectivity index (χ0v) is 17.2. The van der Waals surface area contributed by atoms with Crippen LogP contribution in [-0.2, 0) is 4.74 Å². The third kappa shape index (κ3) is 7.39. The van der Waals surface area contributed by atoms with Crippen molar-refractivity contribution in [3.05, 3.63) is 29.8 Å². The van der Waals surface area contributed by atoms with E-state index < -0.39 is 0 Å². The molecule has 1 aromatic rings. The minimum atomic E-state index is 0.242. The highest BCUT2D eigenvalue weighted by atomic mass is 16.5. The third-order valence-corrected chi connectivity index (χ3v) is 4.83. The van der Waals surface area contributed by atoms with Gasteiger partial charge in [0.15, 0.2) is 5.96 Å². The van der Waals surface area contributed by atoms with Gasteiger partial charge in [0.05, 0.1) is 32.9 Å². The molecule has 0 aromatic heterocycles. The Kier molecular flexibility index (Phi) is 10.0. The zero-order chi connectivity index (χ0) is 19.3. The van der Waals surface area contributed by atoms with Crippen molar-refractivity contribution in [3.8, 4) is 5.75 Å². The highest BCUT2D eigenvalue weighted by Crippen LogP contribution is 2.24. The monoisotopic (exact) mass is 376 g/mol. The largest absolute Gasteiger partial charge is 0.497 e. The van der Waals surface area contributed by atoms with Gasteiger partial charge in [-0.2, -0.15) is 0 Å². The number of hydrogen-bond donors (Lipinski definition) is 2. The lowest BCUT2D eigenvalue weighted by Crippen LogP contribution is -2.42. The second-order valence-corrected chi connectivity index (χ2v) is 6.79. The van der Waals surface area contributed by atoms with Gasteiger partial charge in [-0.15, -0.1) is 0 Å². The Balaban J connectivity index is 2.08. The molecular formula is C21H36N4O2. The number of nitrogens with one attached hydrogen (secondary N) is 2. The lowest BCUT2D eigenvalue weighted by Gasteiger charge is -2.34. The molecule has 1 heterocycles. The summed E-state index contributed by atoms with van der Waals surface area (Å²) in [4.78, 5) is 7.35. The molecular weight excluding hydrogens is 340 g/mol. The number of methoxy groups -OCH3 is 1. The van der Waals surface area contributed by atoms with Crippen LogP contribution < -0.4 is 15.4 Å². The average Bonchev–Trinajstić information content (AvgIpc) is 2.72. The van der Waals surface area contributed by atoms with E-state index in [-0.39, 0.29) is 6.04 Å². The highest BCUT2D eigenvalue weighted by Gasteiger charge is 2.22. The Labute approximate surface area is 164 Å². The van der Waals surface area contributed by atoms with Gasteiger partial charge < -0.3 is 20.1 Å². The molecule has 2 N–H and O–H groups in total. The predicted molar refractivity (Wildman–Crippen MR) is 112 cm³/mol. The lowest BCUT2D eigenvalue weighted by molar-refractivity contribution is 0.0179. The number of morpholine rings is 1. The molecule has 1 atom stereocenters. The van der Waals surface area contributed by atoms with Gasteiger partial charge in [-0.3, -0.25) is 9.89 Å². The Morgan fingerprint density at radius 2 is 1.89 bits per heavy atom. The van der Waals surface area contributed by atoms with Gasteiger partial charge in [0.1, 0.15) is 5.75 Å². The Morgan fingerprint density at radius 1 is 1.15 bits per heavy atom. The number of rotatable bonds is 10. The van der Waals surface area contributed by atoms with Crippen molar-refractivity contribution in [2.24, 2.45) is 4.99 Å². The summed E-state index contributed by atoms with van der Waals surface area (Å²) in [5.74, 6) is 1.79. The Hall–Kier alpha value is -1.79. The van der Waals surface area contributed by atoms with Crippen LogP contribution in [-0.4, -0.2) is 63.9 Å². The number of unbranched alkanes of at least 4 members (excludes halogenated alkanes) is 2. The average molecular weight is 377 g/mol. The van der Waals surface area contributed by atoms with Gasteiger partial charge in [0.25, 0.3) is 0 Å². The maximum atomic E-state index is 5.54. The summed E-state index contributed by atoms with van der Waals surface area (Å²) in [5.41, 5.74) is 1.27. The van der Waals surface area contributed by atoms with E-state index >= 15 is 0 Å². The first kappa shape index (κ1) is 21.5. The number of aliphatic imine (C=N–C) groups is 1. The van der Waals surface area contributed by atoms with E-state index in [1.807, 2.05) is 12.1 Å². The summed E-state index contributed by atoms with van der Waals surface area (Å²) in [6.07, 6.45) is 3.65. The van der Waals surface area contributed by atoms with Gasteiger partial charge in [-0.05, 0) is 31.0 Å². The van der Waals surface area contributed by atoms with Crippen LogP contribution in [0.1, 0.15) is 44.7 Å². The van der Waals surface area contributed by atoms with E-state index in [9.17, 15) is 0 Å². The molecule has 1 saturated heterocycles. The van der Waals surface area contributed by atoms with E-state index in [1.54, 1.807) is 7.11 Å². The molecule has 6 nitrogen and oxygen atoms in total. The first-order valence-corrected chi connectivity index (χ1v) is 10.3. The molecule has 0 radical (unpaired) electrons. The molecule has 152 valence electrons. The number of benzene rings is 1. The third-order valence-electron chi connectivity index (χ3n) is 4.83. The molecule has 0 spiro atoms. The van der Waals surface area contributed by atoms with E-state index in [1.165, 1.54) is 24.8 Å². The first-order chi connectivity index (χ1) is 13.3. The second-order valence-electron chi connectivity index (χ2n) is 6.79. The molecule has 2 rings (SSSR count). The van der Waals surface area contributed by atoms with Gasteiger partial charge in [-0.1, -0.05) is 31.9 Å². The van der Waals surface area contributed by atoms with E-state index in [0.717, 1.165) is 57.6 Å². The Morgan fingerprint density at radius 3 is 2.52 bits per heavy atom.